The predicted octanol–water partition coefficient (Wildman–Crippen LogP) is 2.61. The molecule has 5 heteroatoms. The van der Waals surface area contributed by atoms with Crippen LogP contribution in [-0.4, -0.2) is 19.9 Å². The van der Waals surface area contributed by atoms with Gasteiger partial charge in [0.05, 0.1) is 27.5 Å². The zero-order chi connectivity index (χ0) is 13.4. The molecule has 0 fully saturated rings. The van der Waals surface area contributed by atoms with Crippen LogP contribution in [0.25, 0.3) is 10.2 Å². The molecule has 3 aromatic rings. The number of para-hydroxylation sites is 1. The van der Waals surface area contributed by atoms with Gasteiger partial charge in [0.2, 0.25) is 0 Å². The molecular formula is C14H15N3OS. The van der Waals surface area contributed by atoms with Crippen molar-refractivity contribution in [3.05, 3.63) is 46.7 Å². The number of thiazole rings is 1. The summed E-state index contributed by atoms with van der Waals surface area (Å²) in [4.78, 5) is 4.55. The van der Waals surface area contributed by atoms with E-state index < -0.39 is 6.10 Å². The van der Waals surface area contributed by atoms with Gasteiger partial charge in [-0.05, 0) is 19.1 Å². The van der Waals surface area contributed by atoms with Crippen molar-refractivity contribution >= 4 is 21.6 Å². The van der Waals surface area contributed by atoms with Gasteiger partial charge in [0, 0.05) is 24.7 Å². The molecule has 3 rings (SSSR count). The minimum Gasteiger partial charge on any atom is -0.388 e. The fourth-order valence-corrected chi connectivity index (χ4v) is 3.13. The Kier molecular flexibility index (Phi) is 3.08. The third-order valence-electron chi connectivity index (χ3n) is 3.34. The third-order valence-corrected chi connectivity index (χ3v) is 4.40. The van der Waals surface area contributed by atoms with Crippen molar-refractivity contribution < 1.29 is 5.11 Å². The molecule has 0 bridgehead atoms. The first kappa shape index (κ1) is 12.3. The number of rotatable bonds is 3. The number of aliphatic hydroxyl groups excluding tert-OH is 1. The van der Waals surface area contributed by atoms with Gasteiger partial charge in [-0.2, -0.15) is 5.10 Å². The summed E-state index contributed by atoms with van der Waals surface area (Å²) in [5.74, 6) is 0. The van der Waals surface area contributed by atoms with Gasteiger partial charge >= 0.3 is 0 Å². The average molecular weight is 273 g/mol. The zero-order valence-corrected chi connectivity index (χ0v) is 11.7. The second kappa shape index (κ2) is 4.75. The van der Waals surface area contributed by atoms with Gasteiger partial charge < -0.3 is 5.11 Å². The summed E-state index contributed by atoms with van der Waals surface area (Å²) >= 11 is 1.63. The average Bonchev–Trinajstić information content (AvgIpc) is 2.93. The summed E-state index contributed by atoms with van der Waals surface area (Å²) < 4.78 is 2.93. The Morgan fingerprint density at radius 2 is 2.16 bits per heavy atom. The summed E-state index contributed by atoms with van der Waals surface area (Å²) in [5.41, 5.74) is 2.87. The summed E-state index contributed by atoms with van der Waals surface area (Å²) in [5, 5.41) is 15.4. The maximum Gasteiger partial charge on any atom is 0.0967 e. The van der Waals surface area contributed by atoms with Crippen LogP contribution in [-0.2, 0) is 13.5 Å². The number of benzene rings is 1. The molecule has 98 valence electrons. The minimum atomic E-state index is -0.547. The van der Waals surface area contributed by atoms with Crippen molar-refractivity contribution in [1.82, 2.24) is 14.8 Å². The van der Waals surface area contributed by atoms with Gasteiger partial charge in [-0.3, -0.25) is 4.68 Å². The van der Waals surface area contributed by atoms with Gasteiger partial charge in [0.1, 0.15) is 0 Å². The van der Waals surface area contributed by atoms with Crippen LogP contribution in [0.15, 0.2) is 30.5 Å². The molecule has 1 N–H and O–H groups in total. The fourth-order valence-electron chi connectivity index (χ4n) is 2.13. The molecule has 4 nitrogen and oxygen atoms in total. The summed E-state index contributed by atoms with van der Waals surface area (Å²) in [6.07, 6.45) is 1.72. The van der Waals surface area contributed by atoms with Gasteiger partial charge in [0.25, 0.3) is 0 Å². The number of hydrogen-bond donors (Lipinski definition) is 1. The van der Waals surface area contributed by atoms with E-state index in [1.54, 1.807) is 22.2 Å². The third kappa shape index (κ3) is 2.27. The Bertz CT molecular complexity index is 683. The van der Waals surface area contributed by atoms with E-state index in [4.69, 9.17) is 0 Å². The maximum atomic E-state index is 10.3. The lowest BCUT2D eigenvalue weighted by Gasteiger charge is -2.07. The van der Waals surface area contributed by atoms with Crippen LogP contribution in [0.1, 0.15) is 22.4 Å². The Labute approximate surface area is 115 Å². The van der Waals surface area contributed by atoms with Gasteiger partial charge in [0.15, 0.2) is 0 Å². The molecular weight excluding hydrogens is 258 g/mol. The molecule has 0 aliphatic rings. The lowest BCUT2D eigenvalue weighted by atomic mass is 10.1. The van der Waals surface area contributed by atoms with Crippen LogP contribution in [0.2, 0.25) is 0 Å². The van der Waals surface area contributed by atoms with E-state index in [1.807, 2.05) is 32.2 Å². The highest BCUT2D eigenvalue weighted by Crippen LogP contribution is 2.27. The van der Waals surface area contributed by atoms with Gasteiger partial charge in [-0.25, -0.2) is 4.98 Å². The SMILES string of the molecule is Cc1c(C(O)Cc2nc3ccccc3s2)cnn1C. The minimum absolute atomic E-state index is 0.534. The quantitative estimate of drug-likeness (QED) is 0.798. The molecule has 0 saturated heterocycles. The lowest BCUT2D eigenvalue weighted by Crippen LogP contribution is -2.03. The van der Waals surface area contributed by atoms with Crippen LogP contribution >= 0.6 is 11.3 Å². The fraction of sp³-hybridized carbons (Fsp3) is 0.286. The largest absolute Gasteiger partial charge is 0.388 e. The smallest absolute Gasteiger partial charge is 0.0967 e. The molecule has 2 aromatic heterocycles. The monoisotopic (exact) mass is 273 g/mol. The highest BCUT2D eigenvalue weighted by atomic mass is 32.1. The molecule has 0 saturated carbocycles. The Morgan fingerprint density at radius 3 is 2.84 bits per heavy atom. The van der Waals surface area contributed by atoms with Crippen LogP contribution < -0.4 is 0 Å². The molecule has 0 amide bonds. The van der Waals surface area contributed by atoms with E-state index in [-0.39, 0.29) is 0 Å². The van der Waals surface area contributed by atoms with E-state index in [2.05, 4.69) is 16.1 Å². The zero-order valence-electron chi connectivity index (χ0n) is 10.9. The molecule has 0 aliphatic carbocycles. The Balaban J connectivity index is 1.86. The second-order valence-electron chi connectivity index (χ2n) is 4.60. The Morgan fingerprint density at radius 1 is 1.37 bits per heavy atom. The first-order valence-corrected chi connectivity index (χ1v) is 6.98. The highest BCUT2D eigenvalue weighted by Gasteiger charge is 2.16. The normalized spacial score (nSPS) is 13.0. The first-order valence-electron chi connectivity index (χ1n) is 6.16. The number of aliphatic hydroxyl groups is 1. The van der Waals surface area contributed by atoms with Crippen molar-refractivity contribution in [2.45, 2.75) is 19.4 Å². The molecule has 1 atom stereocenters. The molecule has 2 heterocycles. The van der Waals surface area contributed by atoms with Crippen molar-refractivity contribution in [3.63, 3.8) is 0 Å². The molecule has 0 radical (unpaired) electrons. The van der Waals surface area contributed by atoms with E-state index in [0.29, 0.717) is 6.42 Å². The molecule has 1 unspecified atom stereocenters. The number of nitrogens with zero attached hydrogens (tertiary/aromatic N) is 3. The van der Waals surface area contributed by atoms with Crippen LogP contribution in [0.5, 0.6) is 0 Å². The first-order chi connectivity index (χ1) is 9.15. The Hall–Kier alpha value is -1.72. The van der Waals surface area contributed by atoms with Crippen molar-refractivity contribution in [2.24, 2.45) is 7.05 Å². The predicted molar refractivity (Wildman–Crippen MR) is 76.2 cm³/mol. The number of aromatic nitrogens is 3. The standard InChI is InChI=1S/C14H15N3OS/c1-9-10(8-15-17(9)2)12(18)7-14-16-11-5-3-4-6-13(11)19-14/h3-6,8,12,18H,7H2,1-2H3. The van der Waals surface area contributed by atoms with Gasteiger partial charge in [-0.1, -0.05) is 12.1 Å². The molecule has 1 aromatic carbocycles. The summed E-state index contributed by atoms with van der Waals surface area (Å²) in [6.45, 7) is 1.96. The van der Waals surface area contributed by atoms with Crippen molar-refractivity contribution in [3.8, 4) is 0 Å². The maximum absolute atomic E-state index is 10.3. The molecule has 0 aliphatic heterocycles. The van der Waals surface area contributed by atoms with E-state index in [0.717, 1.165) is 26.5 Å². The number of aryl methyl sites for hydroxylation is 1. The van der Waals surface area contributed by atoms with Crippen LogP contribution in [0.4, 0.5) is 0 Å². The second-order valence-corrected chi connectivity index (χ2v) is 5.72. The molecule has 0 spiro atoms. The summed E-state index contributed by atoms with van der Waals surface area (Å²) in [6, 6.07) is 8.04. The van der Waals surface area contributed by atoms with Crippen LogP contribution in [0, 0.1) is 6.92 Å². The highest BCUT2D eigenvalue weighted by molar-refractivity contribution is 7.18. The van der Waals surface area contributed by atoms with E-state index in [1.165, 1.54) is 0 Å². The van der Waals surface area contributed by atoms with Gasteiger partial charge in [-0.15, -0.1) is 11.3 Å². The number of hydrogen-bond acceptors (Lipinski definition) is 4. The summed E-state index contributed by atoms with van der Waals surface area (Å²) in [7, 11) is 1.88. The lowest BCUT2D eigenvalue weighted by molar-refractivity contribution is 0.177. The van der Waals surface area contributed by atoms with Crippen molar-refractivity contribution in [1.29, 1.82) is 0 Å². The number of fused-ring (bicyclic) bond motifs is 1. The van der Waals surface area contributed by atoms with E-state index in [9.17, 15) is 5.11 Å². The van der Waals surface area contributed by atoms with Crippen molar-refractivity contribution in [2.75, 3.05) is 0 Å². The topological polar surface area (TPSA) is 50.9 Å². The van der Waals surface area contributed by atoms with E-state index >= 15 is 0 Å². The van der Waals surface area contributed by atoms with Crippen LogP contribution in [0.3, 0.4) is 0 Å². The molecule has 19 heavy (non-hydrogen) atoms.